The summed E-state index contributed by atoms with van der Waals surface area (Å²) in [6, 6.07) is 0. The van der Waals surface area contributed by atoms with Crippen molar-refractivity contribution in [3.8, 4) is 0 Å². The number of hydrogen-bond acceptors (Lipinski definition) is 0. The fourth-order valence-electron chi connectivity index (χ4n) is 1.36. The quantitative estimate of drug-likeness (QED) is 0.281. The number of hydrogen-bond donors (Lipinski definition) is 0. The molecular formula is C10H19Cl4N2Ti. The van der Waals surface area contributed by atoms with Gasteiger partial charge in [0.2, 0.25) is 6.33 Å². The zero-order chi connectivity index (χ0) is 8.81. The average Bonchev–Trinajstić information content (AvgIpc) is 2.45. The molecule has 0 saturated heterocycles. The summed E-state index contributed by atoms with van der Waals surface area (Å²) in [5, 5.41) is 0. The molecule has 0 amide bonds. The molecule has 17 heavy (non-hydrogen) atoms. The number of aryl methyl sites for hydroxylation is 2. The Morgan fingerprint density at radius 2 is 1.59 bits per heavy atom. The first kappa shape index (κ1) is 30.8. The Labute approximate surface area is 144 Å². The van der Waals surface area contributed by atoms with Crippen LogP contribution in [-0.4, -0.2) is 4.57 Å². The van der Waals surface area contributed by atoms with E-state index in [0.717, 1.165) is 0 Å². The van der Waals surface area contributed by atoms with Gasteiger partial charge in [-0.15, -0.1) is 0 Å². The molecule has 0 bridgehead atoms. The normalized spacial score (nSPS) is 7.41. The van der Waals surface area contributed by atoms with Gasteiger partial charge in [-0.2, -0.15) is 0 Å². The predicted octanol–water partition coefficient (Wildman–Crippen LogP) is -10.1. The van der Waals surface area contributed by atoms with E-state index in [4.69, 9.17) is 0 Å². The van der Waals surface area contributed by atoms with E-state index >= 15 is 0 Å². The molecule has 0 fully saturated rings. The maximum Gasteiger partial charge on any atom is 3.00 e. The average molecular weight is 357 g/mol. The summed E-state index contributed by atoms with van der Waals surface area (Å²) < 4.78 is 4.33. The smallest absolute Gasteiger partial charge is 1.00 e. The van der Waals surface area contributed by atoms with E-state index in [1.165, 1.54) is 32.2 Å². The zero-order valence-corrected chi connectivity index (χ0v) is 14.8. The molecule has 0 spiro atoms. The molecule has 7 heteroatoms. The van der Waals surface area contributed by atoms with Gasteiger partial charge in [-0.05, 0) is 12.8 Å². The SMILES string of the molecule is CCCCCCn1cc[n+](C)c1.[Cl-].[Cl-].[Cl-].[Cl-].[Ti+3]. The molecule has 0 aliphatic carbocycles. The maximum atomic E-state index is 2.25. The van der Waals surface area contributed by atoms with Gasteiger partial charge in [0, 0.05) is 0 Å². The van der Waals surface area contributed by atoms with E-state index in [2.05, 4.69) is 41.8 Å². The number of unbranched alkanes of at least 4 members (excludes halogenated alkanes) is 3. The summed E-state index contributed by atoms with van der Waals surface area (Å²) in [6.07, 6.45) is 11.7. The van der Waals surface area contributed by atoms with Crippen LogP contribution in [-0.2, 0) is 35.3 Å². The standard InChI is InChI=1S/C10H19N2.4ClH.Ti/c1-3-4-5-6-7-12-9-8-11(2)10-12;;;;;/h8-10H,3-7H2,1-2H3;4*1H;/q+1;;;;;+3/p-4. The minimum Gasteiger partial charge on any atom is -1.00 e. The summed E-state index contributed by atoms with van der Waals surface area (Å²) in [7, 11) is 2.06. The topological polar surface area (TPSA) is 8.81 Å². The molecule has 0 N–H and O–H groups in total. The van der Waals surface area contributed by atoms with Crippen LogP contribution in [0.3, 0.4) is 0 Å². The summed E-state index contributed by atoms with van der Waals surface area (Å²) in [4.78, 5) is 0. The van der Waals surface area contributed by atoms with E-state index in [0.29, 0.717) is 0 Å². The van der Waals surface area contributed by atoms with Gasteiger partial charge in [0.1, 0.15) is 12.4 Å². The van der Waals surface area contributed by atoms with Gasteiger partial charge >= 0.3 is 21.7 Å². The molecule has 1 aromatic heterocycles. The van der Waals surface area contributed by atoms with Crippen molar-refractivity contribution in [2.45, 2.75) is 39.2 Å². The molecule has 0 aliphatic heterocycles. The van der Waals surface area contributed by atoms with E-state index in [1.54, 1.807) is 0 Å². The van der Waals surface area contributed by atoms with Crippen LogP contribution < -0.4 is 54.2 Å². The number of rotatable bonds is 5. The maximum absolute atomic E-state index is 2.25. The van der Waals surface area contributed by atoms with Crippen LogP contribution in [0.5, 0.6) is 0 Å². The summed E-state index contributed by atoms with van der Waals surface area (Å²) in [6.45, 7) is 3.41. The number of nitrogens with zero attached hydrogens (tertiary/aromatic N) is 2. The van der Waals surface area contributed by atoms with Gasteiger partial charge in [-0.3, -0.25) is 0 Å². The van der Waals surface area contributed by atoms with Crippen LogP contribution in [0.25, 0.3) is 0 Å². The predicted molar refractivity (Wildman–Crippen MR) is 49.8 cm³/mol. The third-order valence-electron chi connectivity index (χ3n) is 2.09. The van der Waals surface area contributed by atoms with Crippen molar-refractivity contribution in [3.63, 3.8) is 0 Å². The Morgan fingerprint density at radius 3 is 2.00 bits per heavy atom. The van der Waals surface area contributed by atoms with Crippen LogP contribution in [0.4, 0.5) is 0 Å². The molecule has 0 saturated carbocycles. The first-order valence-electron chi connectivity index (χ1n) is 4.84. The number of halogens is 4. The summed E-state index contributed by atoms with van der Waals surface area (Å²) in [5.74, 6) is 0. The molecule has 1 radical (unpaired) electrons. The van der Waals surface area contributed by atoms with Crippen LogP contribution >= 0.6 is 0 Å². The zero-order valence-electron chi connectivity index (χ0n) is 10.2. The first-order chi connectivity index (χ1) is 5.83. The Bertz CT molecular complexity index is 234. The van der Waals surface area contributed by atoms with Gasteiger partial charge in [0.05, 0.1) is 13.6 Å². The molecular weight excluding hydrogens is 338 g/mol. The molecule has 0 aliphatic rings. The molecule has 0 unspecified atom stereocenters. The second-order valence-corrected chi connectivity index (χ2v) is 3.38. The molecule has 1 aromatic rings. The molecule has 0 atom stereocenters. The second kappa shape index (κ2) is 19.4. The van der Waals surface area contributed by atoms with Crippen molar-refractivity contribution in [3.05, 3.63) is 18.7 Å². The van der Waals surface area contributed by atoms with Crippen molar-refractivity contribution >= 4 is 0 Å². The Hall–Kier alpha value is 1.08. The molecule has 101 valence electrons. The van der Waals surface area contributed by atoms with Crippen LogP contribution in [0, 0.1) is 0 Å². The largest absolute Gasteiger partial charge is 3.00 e. The minimum absolute atomic E-state index is 0. The minimum atomic E-state index is 0. The van der Waals surface area contributed by atoms with E-state index in [1.807, 2.05) is 0 Å². The van der Waals surface area contributed by atoms with E-state index < -0.39 is 0 Å². The van der Waals surface area contributed by atoms with Gasteiger partial charge in [0.25, 0.3) is 0 Å². The Morgan fingerprint density at radius 1 is 1.00 bits per heavy atom. The summed E-state index contributed by atoms with van der Waals surface area (Å²) >= 11 is 0. The first-order valence-corrected chi connectivity index (χ1v) is 4.84. The van der Waals surface area contributed by atoms with E-state index in [-0.39, 0.29) is 71.3 Å². The van der Waals surface area contributed by atoms with Gasteiger partial charge in [-0.25, -0.2) is 9.13 Å². The monoisotopic (exact) mass is 355 g/mol. The molecule has 0 aromatic carbocycles. The van der Waals surface area contributed by atoms with Gasteiger partial charge in [0.15, 0.2) is 0 Å². The van der Waals surface area contributed by atoms with Gasteiger partial charge < -0.3 is 49.6 Å². The van der Waals surface area contributed by atoms with Crippen molar-refractivity contribution in [2.24, 2.45) is 7.05 Å². The van der Waals surface area contributed by atoms with Crippen molar-refractivity contribution in [1.29, 1.82) is 0 Å². The molecule has 1 heterocycles. The Balaban J connectivity index is -0.0000000960. The van der Waals surface area contributed by atoms with Crippen LogP contribution in [0.2, 0.25) is 0 Å². The Kier molecular flexibility index (Phi) is 35.2. The summed E-state index contributed by atoms with van der Waals surface area (Å²) in [5.41, 5.74) is 0. The van der Waals surface area contributed by atoms with Gasteiger partial charge in [-0.1, -0.05) is 19.8 Å². The molecule has 1 rings (SSSR count). The third-order valence-corrected chi connectivity index (χ3v) is 2.09. The van der Waals surface area contributed by atoms with Crippen molar-refractivity contribution in [2.75, 3.05) is 0 Å². The molecule has 2 nitrogen and oxygen atoms in total. The number of imidazole rings is 1. The fourth-order valence-corrected chi connectivity index (χ4v) is 1.36. The van der Waals surface area contributed by atoms with Crippen LogP contribution in [0.1, 0.15) is 32.6 Å². The fraction of sp³-hybridized carbons (Fsp3) is 0.700. The van der Waals surface area contributed by atoms with Crippen molar-refractivity contribution in [1.82, 2.24) is 4.57 Å². The second-order valence-electron chi connectivity index (χ2n) is 3.38. The third kappa shape index (κ3) is 15.0. The number of aromatic nitrogens is 2. The van der Waals surface area contributed by atoms with Crippen molar-refractivity contribution < 1.29 is 75.9 Å². The van der Waals surface area contributed by atoms with Crippen LogP contribution in [0.15, 0.2) is 18.7 Å². The van der Waals surface area contributed by atoms with E-state index in [9.17, 15) is 0 Å².